The Kier molecular flexibility index (Phi) is 3.13. The molecule has 18 heavy (non-hydrogen) atoms. The van der Waals surface area contributed by atoms with E-state index >= 15 is 0 Å². The average molecular weight is 244 g/mol. The van der Waals surface area contributed by atoms with Gasteiger partial charge in [-0.05, 0) is 24.6 Å². The Labute approximate surface area is 106 Å². The van der Waals surface area contributed by atoms with E-state index in [2.05, 4.69) is 22.6 Å². The zero-order valence-electron chi connectivity index (χ0n) is 10.3. The first-order chi connectivity index (χ1) is 8.90. The van der Waals surface area contributed by atoms with Crippen LogP contribution in [0.1, 0.15) is 17.2 Å². The lowest BCUT2D eigenvalue weighted by molar-refractivity contribution is 0.0440. The molecular weight excluding hydrogens is 228 g/mol. The van der Waals surface area contributed by atoms with Crippen LogP contribution >= 0.6 is 0 Å². The first-order valence-electron chi connectivity index (χ1n) is 6.19. The summed E-state index contributed by atoms with van der Waals surface area (Å²) in [6.07, 6.45) is 2.73. The zero-order valence-corrected chi connectivity index (χ0v) is 10.3. The van der Waals surface area contributed by atoms with E-state index in [0.717, 1.165) is 30.9 Å². The molecule has 1 aromatic carbocycles. The first kappa shape index (κ1) is 11.4. The molecule has 94 valence electrons. The third-order valence-electron chi connectivity index (χ3n) is 3.32. The second-order valence-electron chi connectivity index (χ2n) is 4.42. The van der Waals surface area contributed by atoms with Gasteiger partial charge in [0, 0.05) is 18.2 Å². The number of nitrogens with one attached hydrogen (secondary N) is 1. The smallest absolute Gasteiger partial charge is 0.167 e. The van der Waals surface area contributed by atoms with E-state index < -0.39 is 0 Å². The van der Waals surface area contributed by atoms with Gasteiger partial charge in [-0.25, -0.2) is 0 Å². The Morgan fingerprint density at radius 1 is 1.39 bits per heavy atom. The Morgan fingerprint density at radius 2 is 2.33 bits per heavy atom. The molecule has 1 atom stereocenters. The van der Waals surface area contributed by atoms with Gasteiger partial charge in [0.15, 0.2) is 5.76 Å². The van der Waals surface area contributed by atoms with Crippen molar-refractivity contribution in [2.45, 2.75) is 12.5 Å². The van der Waals surface area contributed by atoms with Crippen molar-refractivity contribution in [2.24, 2.45) is 0 Å². The number of rotatable bonds is 3. The van der Waals surface area contributed by atoms with Gasteiger partial charge >= 0.3 is 0 Å². The van der Waals surface area contributed by atoms with Crippen LogP contribution in [0.15, 0.2) is 35.0 Å². The second-order valence-corrected chi connectivity index (χ2v) is 4.42. The molecule has 0 amide bonds. The zero-order chi connectivity index (χ0) is 12.4. The molecule has 1 N–H and O–H groups in total. The van der Waals surface area contributed by atoms with Crippen molar-refractivity contribution in [2.75, 3.05) is 20.2 Å². The lowest BCUT2D eigenvalue weighted by atomic mass is 9.92. The minimum absolute atomic E-state index is 0.127. The third kappa shape index (κ3) is 1.94. The van der Waals surface area contributed by atoms with Gasteiger partial charge in [0.05, 0.1) is 18.9 Å². The standard InChI is InChI=1S/C14H16N2O2/c1-15-9-14-12-4-2-3-11(10(12)6-8-17-14)13-5-7-16-18-13/h2-5,7,14-15H,6,8-9H2,1H3. The van der Waals surface area contributed by atoms with Gasteiger partial charge in [-0.3, -0.25) is 0 Å². The maximum Gasteiger partial charge on any atom is 0.167 e. The highest BCUT2D eigenvalue weighted by Crippen LogP contribution is 2.33. The summed E-state index contributed by atoms with van der Waals surface area (Å²) in [5.41, 5.74) is 3.71. The van der Waals surface area contributed by atoms with E-state index in [1.54, 1.807) is 6.20 Å². The number of benzene rings is 1. The molecule has 1 unspecified atom stereocenters. The van der Waals surface area contributed by atoms with Crippen LogP contribution in [0.5, 0.6) is 0 Å². The fourth-order valence-corrected chi connectivity index (χ4v) is 2.52. The monoisotopic (exact) mass is 244 g/mol. The summed E-state index contributed by atoms with van der Waals surface area (Å²) in [5, 5.41) is 6.96. The van der Waals surface area contributed by atoms with Gasteiger partial charge in [0.1, 0.15) is 0 Å². The number of hydrogen-bond acceptors (Lipinski definition) is 4. The van der Waals surface area contributed by atoms with E-state index in [0.29, 0.717) is 0 Å². The normalized spacial score (nSPS) is 18.6. The summed E-state index contributed by atoms with van der Waals surface area (Å²) < 4.78 is 11.1. The van der Waals surface area contributed by atoms with Gasteiger partial charge < -0.3 is 14.6 Å². The van der Waals surface area contributed by atoms with E-state index in [1.807, 2.05) is 19.2 Å². The lowest BCUT2D eigenvalue weighted by Gasteiger charge is -2.27. The van der Waals surface area contributed by atoms with Crippen LogP contribution in [0, 0.1) is 0 Å². The molecule has 4 nitrogen and oxygen atoms in total. The van der Waals surface area contributed by atoms with Crippen LogP contribution in [-0.4, -0.2) is 25.4 Å². The molecule has 0 aliphatic carbocycles. The van der Waals surface area contributed by atoms with Crippen LogP contribution in [-0.2, 0) is 11.2 Å². The molecule has 2 heterocycles. The van der Waals surface area contributed by atoms with Gasteiger partial charge in [-0.2, -0.15) is 0 Å². The van der Waals surface area contributed by atoms with Crippen LogP contribution in [0.4, 0.5) is 0 Å². The molecule has 1 aliphatic rings. The second kappa shape index (κ2) is 4.92. The average Bonchev–Trinajstić information content (AvgIpc) is 2.93. The molecule has 1 aliphatic heterocycles. The molecule has 0 saturated carbocycles. The molecule has 3 rings (SSSR count). The summed E-state index contributed by atoms with van der Waals surface area (Å²) in [4.78, 5) is 0. The number of fused-ring (bicyclic) bond motifs is 1. The fraction of sp³-hybridized carbons (Fsp3) is 0.357. The predicted molar refractivity (Wildman–Crippen MR) is 68.3 cm³/mol. The Hall–Kier alpha value is -1.65. The minimum atomic E-state index is 0.127. The predicted octanol–water partition coefficient (Wildman–Crippen LogP) is 2.17. The molecule has 4 heteroatoms. The van der Waals surface area contributed by atoms with Crippen LogP contribution < -0.4 is 5.32 Å². The fourth-order valence-electron chi connectivity index (χ4n) is 2.52. The molecule has 1 aromatic heterocycles. The van der Waals surface area contributed by atoms with Crippen molar-refractivity contribution in [3.05, 3.63) is 41.6 Å². The molecule has 2 aromatic rings. The van der Waals surface area contributed by atoms with Crippen LogP contribution in [0.25, 0.3) is 11.3 Å². The highest BCUT2D eigenvalue weighted by Gasteiger charge is 2.23. The molecular formula is C14H16N2O2. The van der Waals surface area contributed by atoms with Crippen molar-refractivity contribution in [1.29, 1.82) is 0 Å². The summed E-state index contributed by atoms with van der Waals surface area (Å²) in [6.45, 7) is 1.58. The number of likely N-dealkylation sites (N-methyl/N-ethyl adjacent to an activating group) is 1. The first-order valence-corrected chi connectivity index (χ1v) is 6.19. The molecule has 0 radical (unpaired) electrons. The maximum absolute atomic E-state index is 5.81. The van der Waals surface area contributed by atoms with Crippen molar-refractivity contribution in [3.8, 4) is 11.3 Å². The SMILES string of the molecule is CNCC1OCCc2c(-c3ccno3)cccc21. The van der Waals surface area contributed by atoms with Crippen LogP contribution in [0.3, 0.4) is 0 Å². The van der Waals surface area contributed by atoms with Crippen molar-refractivity contribution < 1.29 is 9.26 Å². The van der Waals surface area contributed by atoms with Gasteiger partial charge in [-0.1, -0.05) is 23.4 Å². The van der Waals surface area contributed by atoms with Crippen molar-refractivity contribution in [3.63, 3.8) is 0 Å². The quantitative estimate of drug-likeness (QED) is 0.899. The number of aromatic nitrogens is 1. The summed E-state index contributed by atoms with van der Waals surface area (Å²) >= 11 is 0. The third-order valence-corrected chi connectivity index (χ3v) is 3.32. The van der Waals surface area contributed by atoms with Gasteiger partial charge in [-0.15, -0.1) is 0 Å². The summed E-state index contributed by atoms with van der Waals surface area (Å²) in [7, 11) is 1.94. The minimum Gasteiger partial charge on any atom is -0.372 e. The molecule has 0 spiro atoms. The van der Waals surface area contributed by atoms with Gasteiger partial charge in [0.2, 0.25) is 0 Å². The molecule has 0 bridgehead atoms. The van der Waals surface area contributed by atoms with E-state index in [1.165, 1.54) is 11.1 Å². The van der Waals surface area contributed by atoms with Gasteiger partial charge in [0.25, 0.3) is 0 Å². The molecule has 0 fully saturated rings. The largest absolute Gasteiger partial charge is 0.372 e. The Morgan fingerprint density at radius 3 is 3.11 bits per heavy atom. The van der Waals surface area contributed by atoms with Crippen molar-refractivity contribution >= 4 is 0 Å². The van der Waals surface area contributed by atoms with E-state index in [4.69, 9.17) is 9.26 Å². The number of hydrogen-bond donors (Lipinski definition) is 1. The summed E-state index contributed by atoms with van der Waals surface area (Å²) in [6, 6.07) is 8.17. The van der Waals surface area contributed by atoms with Crippen LogP contribution in [0.2, 0.25) is 0 Å². The lowest BCUT2D eigenvalue weighted by Crippen LogP contribution is -2.25. The molecule has 0 saturated heterocycles. The number of ether oxygens (including phenoxy) is 1. The van der Waals surface area contributed by atoms with Crippen molar-refractivity contribution in [1.82, 2.24) is 10.5 Å². The highest BCUT2D eigenvalue weighted by molar-refractivity contribution is 5.64. The number of nitrogens with zero attached hydrogens (tertiary/aromatic N) is 1. The highest BCUT2D eigenvalue weighted by atomic mass is 16.5. The topological polar surface area (TPSA) is 47.3 Å². The Balaban J connectivity index is 2.06. The van der Waals surface area contributed by atoms with E-state index in [9.17, 15) is 0 Å². The maximum atomic E-state index is 5.81. The summed E-state index contributed by atoms with van der Waals surface area (Å²) in [5.74, 6) is 0.831. The van der Waals surface area contributed by atoms with E-state index in [-0.39, 0.29) is 6.10 Å². The Bertz CT molecular complexity index is 523.